The molecule has 2 aliphatic rings. The van der Waals surface area contributed by atoms with Gasteiger partial charge in [0.25, 0.3) is 15.9 Å². The zero-order valence-electron chi connectivity index (χ0n) is 34.0. The number of nitrogens with zero attached hydrogens (tertiary/aromatic N) is 3. The van der Waals surface area contributed by atoms with Crippen molar-refractivity contribution in [1.29, 1.82) is 0 Å². The number of anilines is 3. The first kappa shape index (κ1) is 45.1. The maximum atomic E-state index is 14.3. The quantitative estimate of drug-likeness (QED) is 0.145. The van der Waals surface area contributed by atoms with Gasteiger partial charge in [0, 0.05) is 38.3 Å². The number of benzene rings is 4. The van der Waals surface area contributed by atoms with Crippen LogP contribution in [-0.2, 0) is 39.7 Å². The number of para-hydroxylation sites is 2. The molecule has 4 aromatic rings. The van der Waals surface area contributed by atoms with Crippen LogP contribution in [0.3, 0.4) is 0 Å². The Balaban J connectivity index is 1.14. The number of rotatable bonds is 17. The zero-order chi connectivity index (χ0) is 43.8. The minimum atomic E-state index is -4.46. The molecular weight excluding hydrogens is 851 g/mol. The van der Waals surface area contributed by atoms with Crippen LogP contribution in [0.2, 0.25) is 0 Å². The van der Waals surface area contributed by atoms with E-state index < -0.39 is 55.0 Å². The fourth-order valence-corrected chi connectivity index (χ4v) is 11.5. The van der Waals surface area contributed by atoms with Crippen LogP contribution in [0.4, 0.5) is 17.1 Å². The number of sulfonamides is 3. The lowest BCUT2D eigenvalue weighted by Crippen LogP contribution is -2.38. The van der Waals surface area contributed by atoms with E-state index in [1.165, 1.54) is 96.7 Å². The van der Waals surface area contributed by atoms with Gasteiger partial charge in [0.2, 0.25) is 26.0 Å². The number of amides is 2. The van der Waals surface area contributed by atoms with Crippen molar-refractivity contribution in [2.24, 2.45) is 0 Å². The Labute approximate surface area is 356 Å². The number of ether oxygens (including phenoxy) is 4. The Morgan fingerprint density at radius 2 is 1.03 bits per heavy atom. The van der Waals surface area contributed by atoms with Crippen molar-refractivity contribution in [3.05, 3.63) is 84.9 Å². The van der Waals surface area contributed by atoms with Crippen molar-refractivity contribution in [2.45, 2.75) is 53.2 Å². The molecule has 0 radical (unpaired) electrons. The van der Waals surface area contributed by atoms with Crippen LogP contribution in [0.5, 0.6) is 23.0 Å². The summed E-state index contributed by atoms with van der Waals surface area (Å²) in [4.78, 5) is 26.4. The molecule has 2 amide bonds. The average Bonchev–Trinajstić information content (AvgIpc) is 3.28. The number of piperidine rings is 2. The van der Waals surface area contributed by atoms with Gasteiger partial charge >= 0.3 is 0 Å². The average molecular weight is 900 g/mol. The van der Waals surface area contributed by atoms with Crippen LogP contribution in [0.15, 0.2) is 99.6 Å². The molecule has 2 fully saturated rings. The monoisotopic (exact) mass is 899 g/mol. The van der Waals surface area contributed by atoms with Crippen molar-refractivity contribution in [3.63, 3.8) is 0 Å². The number of carbonyl (C=O) groups excluding carboxylic acids is 2. The molecular formula is C41H49N5O12S3. The van der Waals surface area contributed by atoms with E-state index in [1.807, 2.05) is 0 Å². The maximum Gasteiger partial charge on any atom is 0.264 e. The van der Waals surface area contributed by atoms with E-state index in [0.29, 0.717) is 26.2 Å². The fourth-order valence-electron chi connectivity index (χ4n) is 7.01. The molecule has 0 spiro atoms. The highest BCUT2D eigenvalue weighted by atomic mass is 32.2. The third-order valence-corrected chi connectivity index (χ3v) is 15.8. The van der Waals surface area contributed by atoms with E-state index in [4.69, 9.17) is 18.9 Å². The maximum absolute atomic E-state index is 14.3. The lowest BCUT2D eigenvalue weighted by Gasteiger charge is -2.26. The standard InChI is InChI=1S/C41H49N5O12S3/c1-55-37-13-7-6-12-36(37)46(28-40(47)42-34-20-18-32(26-38(34)56-2)59(49,50)44-22-8-4-9-23-44)61(53,54)31-16-14-30(15-17-31)58-29-41(48)43-35-21-19-33(27-39(35)57-3)60(51,52)45-24-10-5-11-25-45/h6-7,12-21,26-27H,4-5,8-11,22-25,28-29H2,1-3H3,(H,42,47)(H,43,48). The lowest BCUT2D eigenvalue weighted by atomic mass is 10.2. The van der Waals surface area contributed by atoms with Gasteiger partial charge in [-0.2, -0.15) is 8.61 Å². The molecule has 328 valence electrons. The summed E-state index contributed by atoms with van der Waals surface area (Å²) in [6, 6.07) is 19.8. The summed E-state index contributed by atoms with van der Waals surface area (Å²) in [6.45, 7) is 0.498. The van der Waals surface area contributed by atoms with Crippen LogP contribution in [-0.4, -0.2) is 106 Å². The van der Waals surface area contributed by atoms with E-state index >= 15 is 0 Å². The summed E-state index contributed by atoms with van der Waals surface area (Å²) in [5, 5.41) is 5.30. The molecule has 20 heteroatoms. The second-order valence-corrected chi connectivity index (χ2v) is 19.9. The van der Waals surface area contributed by atoms with Crippen LogP contribution >= 0.6 is 0 Å². The molecule has 61 heavy (non-hydrogen) atoms. The minimum absolute atomic E-state index is 0.00320. The van der Waals surface area contributed by atoms with Gasteiger partial charge in [-0.05, 0) is 86.3 Å². The van der Waals surface area contributed by atoms with E-state index in [2.05, 4.69) is 10.6 Å². The first-order valence-electron chi connectivity index (χ1n) is 19.5. The van der Waals surface area contributed by atoms with Crippen molar-refractivity contribution in [3.8, 4) is 23.0 Å². The predicted molar refractivity (Wildman–Crippen MR) is 228 cm³/mol. The summed E-state index contributed by atoms with van der Waals surface area (Å²) in [7, 11) is -7.95. The Bertz CT molecular complexity index is 2540. The van der Waals surface area contributed by atoms with Crippen LogP contribution in [0.1, 0.15) is 38.5 Å². The predicted octanol–water partition coefficient (Wildman–Crippen LogP) is 4.91. The normalized spacial score (nSPS) is 15.3. The summed E-state index contributed by atoms with van der Waals surface area (Å²) >= 11 is 0. The van der Waals surface area contributed by atoms with Crippen LogP contribution in [0.25, 0.3) is 0 Å². The molecule has 0 bridgehead atoms. The Morgan fingerprint density at radius 3 is 1.52 bits per heavy atom. The highest BCUT2D eigenvalue weighted by molar-refractivity contribution is 7.93. The molecule has 0 aromatic heterocycles. The van der Waals surface area contributed by atoms with Crippen LogP contribution in [0, 0.1) is 0 Å². The third kappa shape index (κ3) is 10.4. The summed E-state index contributed by atoms with van der Waals surface area (Å²) in [6.07, 6.45) is 5.02. The molecule has 0 atom stereocenters. The van der Waals surface area contributed by atoms with Gasteiger partial charge < -0.3 is 29.6 Å². The first-order chi connectivity index (χ1) is 29.2. The van der Waals surface area contributed by atoms with Crippen molar-refractivity contribution >= 4 is 58.9 Å². The summed E-state index contributed by atoms with van der Waals surface area (Å²) in [5.41, 5.74) is 0.427. The van der Waals surface area contributed by atoms with Crippen LogP contribution < -0.4 is 33.9 Å². The van der Waals surface area contributed by atoms with E-state index in [-0.39, 0.29) is 54.7 Å². The molecule has 2 aliphatic heterocycles. The van der Waals surface area contributed by atoms with E-state index in [9.17, 15) is 34.8 Å². The van der Waals surface area contributed by atoms with Crippen molar-refractivity contribution < 1.29 is 53.8 Å². The number of hydrogen-bond donors (Lipinski definition) is 2. The lowest BCUT2D eigenvalue weighted by molar-refractivity contribution is -0.118. The molecule has 4 aromatic carbocycles. The van der Waals surface area contributed by atoms with Gasteiger partial charge in [0.05, 0.1) is 53.1 Å². The van der Waals surface area contributed by atoms with Gasteiger partial charge in [-0.25, -0.2) is 25.3 Å². The fraction of sp³-hybridized carbons (Fsp3) is 0.366. The first-order valence-corrected chi connectivity index (χ1v) is 23.9. The third-order valence-electron chi connectivity index (χ3n) is 10.2. The van der Waals surface area contributed by atoms with E-state index in [0.717, 1.165) is 42.8 Å². The molecule has 0 aliphatic carbocycles. The van der Waals surface area contributed by atoms with Gasteiger partial charge in [0.1, 0.15) is 29.5 Å². The summed E-state index contributed by atoms with van der Waals surface area (Å²) in [5.74, 6) is -0.818. The Kier molecular flexibility index (Phi) is 14.4. The second-order valence-electron chi connectivity index (χ2n) is 14.2. The zero-order valence-corrected chi connectivity index (χ0v) is 36.5. The summed E-state index contributed by atoms with van der Waals surface area (Å²) < 4.78 is 107. The van der Waals surface area contributed by atoms with Crippen molar-refractivity contribution in [1.82, 2.24) is 8.61 Å². The minimum Gasteiger partial charge on any atom is -0.495 e. The van der Waals surface area contributed by atoms with Gasteiger partial charge in [-0.1, -0.05) is 25.0 Å². The van der Waals surface area contributed by atoms with E-state index in [1.54, 1.807) is 18.2 Å². The molecule has 0 unspecified atom stereocenters. The number of nitrogens with one attached hydrogen (secondary N) is 2. The smallest absolute Gasteiger partial charge is 0.264 e. The molecule has 0 saturated carbocycles. The largest absolute Gasteiger partial charge is 0.495 e. The topological polar surface area (TPSA) is 207 Å². The highest BCUT2D eigenvalue weighted by Crippen LogP contribution is 2.35. The SMILES string of the molecule is COc1cc(S(=O)(=O)N2CCCCC2)ccc1NC(=O)COc1ccc(S(=O)(=O)N(CC(=O)Nc2ccc(S(=O)(=O)N3CCCCC3)cc2OC)c2ccccc2OC)cc1. The number of hydrogen-bond acceptors (Lipinski definition) is 12. The van der Waals surface area contributed by atoms with Gasteiger partial charge in [-0.3, -0.25) is 13.9 Å². The number of carbonyl (C=O) groups is 2. The molecule has 2 N–H and O–H groups in total. The second kappa shape index (κ2) is 19.5. The van der Waals surface area contributed by atoms with Gasteiger partial charge in [0.15, 0.2) is 6.61 Å². The highest BCUT2D eigenvalue weighted by Gasteiger charge is 2.31. The Hall–Kier alpha value is -5.41. The molecule has 6 rings (SSSR count). The molecule has 2 saturated heterocycles. The van der Waals surface area contributed by atoms with Gasteiger partial charge in [-0.15, -0.1) is 0 Å². The molecule has 17 nitrogen and oxygen atoms in total. The Morgan fingerprint density at radius 1 is 0.574 bits per heavy atom. The van der Waals surface area contributed by atoms with Crippen molar-refractivity contribution in [2.75, 3.05) is 75.6 Å². The molecule has 2 heterocycles. The number of methoxy groups -OCH3 is 3.